The highest BCUT2D eigenvalue weighted by atomic mass is 127. The Morgan fingerprint density at radius 1 is 0.875 bits per heavy atom. The van der Waals surface area contributed by atoms with Crippen molar-refractivity contribution in [1.29, 1.82) is 0 Å². The lowest BCUT2D eigenvalue weighted by Crippen LogP contribution is -1.80. The summed E-state index contributed by atoms with van der Waals surface area (Å²) in [6.45, 7) is 0. The average Bonchev–Trinajstić information content (AvgIpc) is 2.29. The number of benzene rings is 2. The van der Waals surface area contributed by atoms with Crippen LogP contribution in [0.15, 0.2) is 48.5 Å². The zero-order chi connectivity index (χ0) is 11.5. The second kappa shape index (κ2) is 4.61. The van der Waals surface area contributed by atoms with Gasteiger partial charge in [-0.2, -0.15) is 0 Å². The van der Waals surface area contributed by atoms with Crippen LogP contribution >= 0.6 is 19.8 Å². The molecule has 2 aromatic carbocycles. The van der Waals surface area contributed by atoms with E-state index < -0.39 is 19.8 Å². The van der Waals surface area contributed by atoms with E-state index in [1.165, 1.54) is 12.1 Å². The van der Waals surface area contributed by atoms with Gasteiger partial charge in [-0.25, -0.2) is 6.14 Å². The van der Waals surface area contributed by atoms with Crippen LogP contribution in [0.25, 0.3) is 11.1 Å². The molecule has 0 atom stereocenters. The molecule has 0 saturated carbocycles. The Morgan fingerprint density at radius 3 is 2.12 bits per heavy atom. The molecule has 0 aliphatic heterocycles. The van der Waals surface area contributed by atoms with Gasteiger partial charge < -0.3 is 5.11 Å². The van der Waals surface area contributed by atoms with Gasteiger partial charge in [0.25, 0.3) is 0 Å². The molecule has 0 radical (unpaired) electrons. The fraction of sp³-hybridized carbons (Fsp3) is 0. The van der Waals surface area contributed by atoms with Crippen LogP contribution in [0, 0.1) is 3.57 Å². The topological polar surface area (TPSA) is 54.4 Å². The standard InChI is InChI=1S/C12H9IO3/c14-12-8-10(6-7-11(12)13(15)16)9-4-2-1-3-5-9/h1-8,14H. The van der Waals surface area contributed by atoms with E-state index in [9.17, 15) is 11.2 Å². The van der Waals surface area contributed by atoms with Crippen molar-refractivity contribution in [2.24, 2.45) is 0 Å². The van der Waals surface area contributed by atoms with E-state index in [-0.39, 0.29) is 9.32 Å². The molecule has 0 aromatic heterocycles. The molecule has 2 rings (SSSR count). The van der Waals surface area contributed by atoms with E-state index >= 15 is 0 Å². The molecule has 0 fully saturated rings. The van der Waals surface area contributed by atoms with E-state index in [0.29, 0.717) is 0 Å². The smallest absolute Gasteiger partial charge is 0.344 e. The number of rotatable bonds is 2. The maximum atomic E-state index is 10.8. The van der Waals surface area contributed by atoms with E-state index in [4.69, 9.17) is 0 Å². The fourth-order valence-corrected chi connectivity index (χ4v) is 2.53. The Hall–Kier alpha value is -1.43. The zero-order valence-corrected chi connectivity index (χ0v) is 10.4. The minimum absolute atomic E-state index is 0.0453. The molecule has 0 saturated heterocycles. The summed E-state index contributed by atoms with van der Waals surface area (Å²) < 4.78 is 21.7. The van der Waals surface area contributed by atoms with Gasteiger partial charge in [-0.15, -0.1) is 0 Å². The first-order valence-electron chi connectivity index (χ1n) is 4.62. The van der Waals surface area contributed by atoms with Crippen LogP contribution in [0.2, 0.25) is 0 Å². The fourth-order valence-electron chi connectivity index (χ4n) is 1.45. The maximum absolute atomic E-state index is 10.8. The minimum Gasteiger partial charge on any atom is -0.507 e. The summed E-state index contributed by atoms with van der Waals surface area (Å²) in [5.74, 6) is -0.170. The van der Waals surface area contributed by atoms with Crippen LogP contribution in [-0.2, 0) is 6.14 Å². The van der Waals surface area contributed by atoms with Crippen molar-refractivity contribution >= 4 is 19.8 Å². The number of hydrogen-bond donors (Lipinski definition) is 1. The number of phenols is 1. The molecular formula is C12H9IO3. The van der Waals surface area contributed by atoms with E-state index in [1.807, 2.05) is 30.3 Å². The van der Waals surface area contributed by atoms with Crippen LogP contribution in [0.1, 0.15) is 0 Å². The third-order valence-electron chi connectivity index (χ3n) is 2.22. The summed E-state index contributed by atoms with van der Waals surface area (Å²) >= 11 is -3.60. The lowest BCUT2D eigenvalue weighted by atomic mass is 10.1. The van der Waals surface area contributed by atoms with Crippen LogP contribution in [0.4, 0.5) is 0 Å². The highest BCUT2D eigenvalue weighted by molar-refractivity contribution is 14.2. The molecule has 0 aliphatic rings. The predicted octanol–water partition coefficient (Wildman–Crippen LogP) is 3.43. The lowest BCUT2D eigenvalue weighted by Gasteiger charge is -2.02. The van der Waals surface area contributed by atoms with Crippen molar-refractivity contribution < 1.29 is 11.2 Å². The predicted molar refractivity (Wildman–Crippen MR) is 67.6 cm³/mol. The molecule has 4 heteroatoms. The van der Waals surface area contributed by atoms with Crippen molar-refractivity contribution in [2.75, 3.05) is 0 Å². The number of phenolic OH excluding ortho intramolecular Hbond substituents is 1. The highest BCUT2D eigenvalue weighted by Gasteiger charge is 2.07. The van der Waals surface area contributed by atoms with Crippen molar-refractivity contribution in [1.82, 2.24) is 0 Å². The number of halogens is 1. The maximum Gasteiger partial charge on any atom is 0.344 e. The van der Waals surface area contributed by atoms with Gasteiger partial charge >= 0.3 is 19.8 Å². The Balaban J connectivity index is 2.50. The Labute approximate surface area is 99.9 Å². The van der Waals surface area contributed by atoms with Gasteiger partial charge in [-0.05, 0) is 23.3 Å². The summed E-state index contributed by atoms with van der Waals surface area (Å²) in [5, 5.41) is 9.56. The van der Waals surface area contributed by atoms with Crippen LogP contribution < -0.4 is 0 Å². The van der Waals surface area contributed by atoms with Crippen LogP contribution in [0.5, 0.6) is 5.75 Å². The summed E-state index contributed by atoms with van der Waals surface area (Å²) in [4.78, 5) is 0. The second-order valence-electron chi connectivity index (χ2n) is 3.25. The summed E-state index contributed by atoms with van der Waals surface area (Å²) in [6, 6.07) is 14.1. The zero-order valence-electron chi connectivity index (χ0n) is 8.26. The summed E-state index contributed by atoms with van der Waals surface area (Å²) in [6.07, 6.45) is 0. The van der Waals surface area contributed by atoms with E-state index in [2.05, 4.69) is 0 Å². The summed E-state index contributed by atoms with van der Waals surface area (Å²) in [7, 11) is 0. The molecule has 16 heavy (non-hydrogen) atoms. The molecule has 0 aliphatic carbocycles. The largest absolute Gasteiger partial charge is 0.507 e. The molecule has 0 amide bonds. The van der Waals surface area contributed by atoms with Gasteiger partial charge in [0.05, 0.1) is 0 Å². The van der Waals surface area contributed by atoms with Crippen molar-refractivity contribution in [3.05, 3.63) is 52.1 Å². The molecule has 0 bridgehead atoms. The molecule has 0 spiro atoms. The molecule has 1 N–H and O–H groups in total. The minimum atomic E-state index is -3.60. The number of aromatic hydroxyl groups is 1. The SMILES string of the molecule is O=I(=O)c1ccc(-c2ccccc2)cc1O. The molecule has 82 valence electrons. The van der Waals surface area contributed by atoms with Crippen molar-refractivity contribution in [3.8, 4) is 16.9 Å². The first kappa shape index (κ1) is 11.1. The second-order valence-corrected chi connectivity index (χ2v) is 5.65. The van der Waals surface area contributed by atoms with Gasteiger partial charge in [0.15, 0.2) is 0 Å². The first-order valence-corrected chi connectivity index (χ1v) is 7.46. The third kappa shape index (κ3) is 2.21. The number of hydrogen-bond acceptors (Lipinski definition) is 3. The van der Waals surface area contributed by atoms with Gasteiger partial charge in [0.2, 0.25) is 0 Å². The lowest BCUT2D eigenvalue weighted by molar-refractivity contribution is 0.471. The van der Waals surface area contributed by atoms with E-state index in [1.54, 1.807) is 6.07 Å². The Bertz CT molecular complexity index is 566. The third-order valence-corrected chi connectivity index (χ3v) is 4.08. The van der Waals surface area contributed by atoms with E-state index in [0.717, 1.165) is 11.1 Å². The first-order chi connectivity index (χ1) is 7.68. The van der Waals surface area contributed by atoms with Gasteiger partial charge in [0.1, 0.15) is 9.32 Å². The average molecular weight is 328 g/mol. The van der Waals surface area contributed by atoms with Gasteiger partial charge in [0, 0.05) is 0 Å². The molecular weight excluding hydrogens is 319 g/mol. The Kier molecular flexibility index (Phi) is 3.19. The van der Waals surface area contributed by atoms with Gasteiger partial charge in [-0.3, -0.25) is 0 Å². The van der Waals surface area contributed by atoms with Crippen LogP contribution in [0.3, 0.4) is 0 Å². The van der Waals surface area contributed by atoms with Crippen molar-refractivity contribution in [2.45, 2.75) is 0 Å². The van der Waals surface area contributed by atoms with Gasteiger partial charge in [-0.1, -0.05) is 36.4 Å². The summed E-state index contributed by atoms with van der Waals surface area (Å²) in [5.41, 5.74) is 1.75. The molecule has 0 heterocycles. The quantitative estimate of drug-likeness (QED) is 0.860. The van der Waals surface area contributed by atoms with Crippen LogP contribution in [-0.4, -0.2) is 5.11 Å². The highest BCUT2D eigenvalue weighted by Crippen LogP contribution is 2.31. The molecule has 0 unspecified atom stereocenters. The molecule has 3 nitrogen and oxygen atoms in total. The molecule has 2 aromatic rings. The normalized spacial score (nSPS) is 10.6. The Morgan fingerprint density at radius 2 is 1.56 bits per heavy atom. The monoisotopic (exact) mass is 328 g/mol. The van der Waals surface area contributed by atoms with Crippen molar-refractivity contribution in [3.63, 3.8) is 0 Å².